The topological polar surface area (TPSA) is 79.3 Å². The van der Waals surface area contributed by atoms with Crippen LogP contribution < -0.4 is 5.32 Å². The van der Waals surface area contributed by atoms with E-state index in [1.165, 1.54) is 0 Å². The maximum Gasteiger partial charge on any atom is 0.303 e. The fraction of sp³-hybridized carbons (Fsp3) is 0.400. The average molecular weight is 306 g/mol. The van der Waals surface area contributed by atoms with E-state index in [-0.39, 0.29) is 18.4 Å². The van der Waals surface area contributed by atoms with E-state index in [0.717, 1.165) is 15.2 Å². The number of fused-ring (bicyclic) bond motifs is 1. The number of aromatic nitrogens is 1. The molecule has 0 bridgehead atoms. The van der Waals surface area contributed by atoms with Gasteiger partial charge in [0.2, 0.25) is 5.91 Å². The molecule has 0 radical (unpaired) electrons. The molecule has 1 unspecified atom stereocenters. The first-order valence-electron chi connectivity index (χ1n) is 6.90. The zero-order valence-electron chi connectivity index (χ0n) is 11.8. The molecule has 6 heteroatoms. The summed E-state index contributed by atoms with van der Waals surface area (Å²) in [5.41, 5.74) is 0.965. The van der Waals surface area contributed by atoms with Crippen molar-refractivity contribution in [2.24, 2.45) is 0 Å². The number of hydrogen-bond donors (Lipinski definition) is 2. The molecule has 1 amide bonds. The smallest absolute Gasteiger partial charge is 0.303 e. The quantitative estimate of drug-likeness (QED) is 0.824. The van der Waals surface area contributed by atoms with Gasteiger partial charge in [0.05, 0.1) is 15.2 Å². The summed E-state index contributed by atoms with van der Waals surface area (Å²) < 4.78 is 1.13. The molecule has 0 spiro atoms. The molecule has 2 N–H and O–H groups in total. The van der Waals surface area contributed by atoms with Crippen molar-refractivity contribution in [2.75, 3.05) is 0 Å². The van der Waals surface area contributed by atoms with Crippen LogP contribution in [0.15, 0.2) is 24.3 Å². The highest BCUT2D eigenvalue weighted by Gasteiger charge is 2.10. The number of rotatable bonds is 7. The van der Waals surface area contributed by atoms with Crippen LogP contribution in [0.25, 0.3) is 10.2 Å². The number of carboxylic acids is 1. The molecule has 1 atom stereocenters. The summed E-state index contributed by atoms with van der Waals surface area (Å²) in [4.78, 5) is 26.8. The van der Waals surface area contributed by atoms with E-state index in [2.05, 4.69) is 10.3 Å². The Bertz CT molecular complexity index is 606. The summed E-state index contributed by atoms with van der Waals surface area (Å²) in [7, 11) is 0. The Morgan fingerprint density at radius 3 is 2.81 bits per heavy atom. The maximum atomic E-state index is 11.8. The Balaban J connectivity index is 1.79. The van der Waals surface area contributed by atoms with Crippen molar-refractivity contribution in [3.63, 3.8) is 0 Å². The van der Waals surface area contributed by atoms with Crippen LogP contribution in [0.5, 0.6) is 0 Å². The number of para-hydroxylation sites is 1. The van der Waals surface area contributed by atoms with E-state index < -0.39 is 5.97 Å². The summed E-state index contributed by atoms with van der Waals surface area (Å²) >= 11 is 1.60. The van der Waals surface area contributed by atoms with E-state index >= 15 is 0 Å². The van der Waals surface area contributed by atoms with E-state index in [4.69, 9.17) is 5.11 Å². The largest absolute Gasteiger partial charge is 0.481 e. The second-order valence-electron chi connectivity index (χ2n) is 4.98. The fourth-order valence-corrected chi connectivity index (χ4v) is 2.97. The van der Waals surface area contributed by atoms with E-state index in [1.54, 1.807) is 11.3 Å². The van der Waals surface area contributed by atoms with Gasteiger partial charge in [0.1, 0.15) is 0 Å². The Hall–Kier alpha value is -1.95. The summed E-state index contributed by atoms with van der Waals surface area (Å²) in [6, 6.07) is 7.78. The van der Waals surface area contributed by atoms with Crippen molar-refractivity contribution in [3.05, 3.63) is 29.3 Å². The zero-order chi connectivity index (χ0) is 15.2. The number of thiazole rings is 1. The lowest BCUT2D eigenvalue weighted by atomic mass is 10.2. The number of carbonyl (C=O) groups excluding carboxylic acids is 1. The minimum absolute atomic E-state index is 0.0628. The number of hydrogen-bond acceptors (Lipinski definition) is 4. The summed E-state index contributed by atoms with van der Waals surface area (Å²) in [6.45, 7) is 1.82. The molecule has 2 rings (SSSR count). The molecule has 0 saturated heterocycles. The van der Waals surface area contributed by atoms with E-state index in [0.29, 0.717) is 19.3 Å². The van der Waals surface area contributed by atoms with Crippen LogP contribution in [-0.4, -0.2) is 28.0 Å². The molecule has 0 fully saturated rings. The first-order valence-corrected chi connectivity index (χ1v) is 7.72. The monoisotopic (exact) mass is 306 g/mol. The van der Waals surface area contributed by atoms with E-state index in [9.17, 15) is 9.59 Å². The average Bonchev–Trinajstić information content (AvgIpc) is 2.86. The first kappa shape index (κ1) is 15.4. The number of nitrogens with zero attached hydrogens (tertiary/aromatic N) is 1. The number of carboxylic acid groups (broad SMARTS) is 1. The van der Waals surface area contributed by atoms with Gasteiger partial charge in [-0.05, 0) is 25.5 Å². The predicted molar refractivity (Wildman–Crippen MR) is 82.4 cm³/mol. The minimum Gasteiger partial charge on any atom is -0.481 e. The summed E-state index contributed by atoms with van der Waals surface area (Å²) in [6.07, 6.45) is 1.50. The third-order valence-corrected chi connectivity index (χ3v) is 4.20. The number of benzene rings is 1. The van der Waals surface area contributed by atoms with Gasteiger partial charge >= 0.3 is 5.97 Å². The lowest BCUT2D eigenvalue weighted by molar-refractivity contribution is -0.137. The number of carbonyl (C=O) groups is 2. The highest BCUT2D eigenvalue weighted by molar-refractivity contribution is 7.18. The van der Waals surface area contributed by atoms with Crippen LogP contribution >= 0.6 is 11.3 Å². The molecule has 0 aliphatic rings. The zero-order valence-corrected chi connectivity index (χ0v) is 12.7. The van der Waals surface area contributed by atoms with Gasteiger partial charge in [-0.2, -0.15) is 0 Å². The summed E-state index contributed by atoms with van der Waals surface area (Å²) in [5, 5.41) is 12.4. The molecule has 1 aromatic carbocycles. The van der Waals surface area contributed by atoms with Crippen LogP contribution in [0, 0.1) is 0 Å². The van der Waals surface area contributed by atoms with Crippen molar-refractivity contribution in [2.45, 2.75) is 38.6 Å². The molecule has 2 aromatic rings. The molecule has 112 valence electrons. The van der Waals surface area contributed by atoms with Gasteiger partial charge in [0.15, 0.2) is 0 Å². The van der Waals surface area contributed by atoms with Gasteiger partial charge in [-0.15, -0.1) is 11.3 Å². The van der Waals surface area contributed by atoms with Gasteiger partial charge in [-0.3, -0.25) is 9.59 Å². The second-order valence-corrected chi connectivity index (χ2v) is 6.09. The van der Waals surface area contributed by atoms with Crippen LogP contribution in [-0.2, 0) is 16.0 Å². The van der Waals surface area contributed by atoms with Gasteiger partial charge in [0.25, 0.3) is 0 Å². The molecule has 21 heavy (non-hydrogen) atoms. The van der Waals surface area contributed by atoms with E-state index in [1.807, 2.05) is 31.2 Å². The third kappa shape index (κ3) is 4.82. The number of amides is 1. The molecule has 1 heterocycles. The highest BCUT2D eigenvalue weighted by Crippen LogP contribution is 2.22. The SMILES string of the molecule is CC(CCC(=O)O)NC(=O)CCc1nc2ccccc2s1. The lowest BCUT2D eigenvalue weighted by Gasteiger charge is -2.12. The Morgan fingerprint density at radius 2 is 2.10 bits per heavy atom. The van der Waals surface area contributed by atoms with Crippen molar-refractivity contribution in [1.29, 1.82) is 0 Å². The van der Waals surface area contributed by atoms with Gasteiger partial charge in [-0.1, -0.05) is 12.1 Å². The lowest BCUT2D eigenvalue weighted by Crippen LogP contribution is -2.33. The standard InChI is InChI=1S/C15H18N2O3S/c1-10(6-9-15(19)20)16-13(18)7-8-14-17-11-4-2-3-5-12(11)21-14/h2-5,10H,6-9H2,1H3,(H,16,18)(H,19,20). The van der Waals surface area contributed by atoms with Crippen molar-refractivity contribution < 1.29 is 14.7 Å². The van der Waals surface area contributed by atoms with Crippen molar-refractivity contribution in [3.8, 4) is 0 Å². The van der Waals surface area contributed by atoms with Gasteiger partial charge in [-0.25, -0.2) is 4.98 Å². The van der Waals surface area contributed by atoms with Crippen LogP contribution in [0.1, 0.15) is 31.2 Å². The second kappa shape index (κ2) is 7.17. The summed E-state index contributed by atoms with van der Waals surface area (Å²) in [5.74, 6) is -0.905. The maximum absolute atomic E-state index is 11.8. The number of aryl methyl sites for hydroxylation is 1. The Labute approximate surface area is 127 Å². The Morgan fingerprint density at radius 1 is 1.33 bits per heavy atom. The fourth-order valence-electron chi connectivity index (χ4n) is 2.01. The van der Waals surface area contributed by atoms with Crippen molar-refractivity contribution in [1.82, 2.24) is 10.3 Å². The Kier molecular flexibility index (Phi) is 5.27. The molecular weight excluding hydrogens is 288 g/mol. The molecule has 5 nitrogen and oxygen atoms in total. The third-order valence-electron chi connectivity index (χ3n) is 3.10. The molecule has 0 aliphatic heterocycles. The van der Waals surface area contributed by atoms with Crippen LogP contribution in [0.3, 0.4) is 0 Å². The number of nitrogens with one attached hydrogen (secondary N) is 1. The molecule has 0 aliphatic carbocycles. The number of aliphatic carboxylic acids is 1. The molecule has 1 aromatic heterocycles. The molecular formula is C15H18N2O3S. The van der Waals surface area contributed by atoms with Crippen molar-refractivity contribution >= 4 is 33.4 Å². The normalized spacial score (nSPS) is 12.2. The first-order chi connectivity index (χ1) is 10.0. The molecule has 0 saturated carbocycles. The minimum atomic E-state index is -0.842. The predicted octanol–water partition coefficient (Wildman–Crippen LogP) is 2.60. The van der Waals surface area contributed by atoms with Gasteiger partial charge in [0, 0.05) is 25.3 Å². The van der Waals surface area contributed by atoms with Crippen LogP contribution in [0.4, 0.5) is 0 Å². The van der Waals surface area contributed by atoms with Crippen LogP contribution in [0.2, 0.25) is 0 Å². The highest BCUT2D eigenvalue weighted by atomic mass is 32.1. The van der Waals surface area contributed by atoms with Gasteiger partial charge < -0.3 is 10.4 Å².